The lowest BCUT2D eigenvalue weighted by atomic mass is 10.2. The van der Waals surface area contributed by atoms with Gasteiger partial charge in [-0.25, -0.2) is 0 Å². The molecule has 0 aliphatic rings. The molecule has 1 aromatic heterocycles. The standard InChI is InChI=1S/C16H22N2OS/c1-18(2)12-14(19)10-17-11-15-8-9-16(20-15)13-6-4-3-5-7-13/h3-9,14,17,19H,10-12H2,1-2H3. The van der Waals surface area contributed by atoms with Crippen LogP contribution in [0.15, 0.2) is 42.5 Å². The van der Waals surface area contributed by atoms with Gasteiger partial charge in [0, 0.05) is 29.4 Å². The first-order valence-corrected chi connectivity index (χ1v) is 7.64. The third-order valence-electron chi connectivity index (χ3n) is 2.98. The minimum atomic E-state index is -0.321. The predicted octanol–water partition coefficient (Wildman–Crippen LogP) is 2.43. The van der Waals surface area contributed by atoms with E-state index in [4.69, 9.17) is 0 Å². The Hall–Kier alpha value is -1.20. The van der Waals surface area contributed by atoms with Crippen molar-refractivity contribution in [3.05, 3.63) is 47.3 Å². The second kappa shape index (κ2) is 7.55. The van der Waals surface area contributed by atoms with E-state index < -0.39 is 0 Å². The monoisotopic (exact) mass is 290 g/mol. The van der Waals surface area contributed by atoms with Gasteiger partial charge in [0.2, 0.25) is 0 Å². The van der Waals surface area contributed by atoms with E-state index in [0.717, 1.165) is 6.54 Å². The Morgan fingerprint density at radius 1 is 1.15 bits per heavy atom. The summed E-state index contributed by atoms with van der Waals surface area (Å²) in [6.45, 7) is 2.12. The number of nitrogens with zero attached hydrogens (tertiary/aromatic N) is 1. The summed E-state index contributed by atoms with van der Waals surface area (Å²) in [5, 5.41) is 13.1. The summed E-state index contributed by atoms with van der Waals surface area (Å²) >= 11 is 1.80. The third kappa shape index (κ3) is 4.72. The van der Waals surface area contributed by atoms with Crippen LogP contribution in [0, 0.1) is 0 Å². The van der Waals surface area contributed by atoms with E-state index in [2.05, 4.69) is 41.7 Å². The van der Waals surface area contributed by atoms with Crippen LogP contribution in [0.4, 0.5) is 0 Å². The molecule has 4 heteroatoms. The number of rotatable bonds is 7. The van der Waals surface area contributed by atoms with Gasteiger partial charge in [0.05, 0.1) is 6.10 Å². The van der Waals surface area contributed by atoms with Crippen molar-refractivity contribution >= 4 is 11.3 Å². The van der Waals surface area contributed by atoms with E-state index in [1.165, 1.54) is 15.3 Å². The number of hydrogen-bond donors (Lipinski definition) is 2. The van der Waals surface area contributed by atoms with Crippen LogP contribution in [0.2, 0.25) is 0 Å². The summed E-state index contributed by atoms with van der Waals surface area (Å²) in [7, 11) is 3.93. The quantitative estimate of drug-likeness (QED) is 0.822. The van der Waals surface area contributed by atoms with Gasteiger partial charge in [-0.2, -0.15) is 0 Å². The SMILES string of the molecule is CN(C)CC(O)CNCc1ccc(-c2ccccc2)s1. The molecule has 0 fully saturated rings. The minimum Gasteiger partial charge on any atom is -0.390 e. The molecule has 1 aromatic carbocycles. The molecule has 0 amide bonds. The molecule has 2 rings (SSSR count). The number of likely N-dealkylation sites (N-methyl/N-ethyl adjacent to an activating group) is 1. The fourth-order valence-corrected chi connectivity index (χ4v) is 3.06. The van der Waals surface area contributed by atoms with Crippen molar-refractivity contribution in [2.45, 2.75) is 12.6 Å². The first kappa shape index (κ1) is 15.2. The summed E-state index contributed by atoms with van der Waals surface area (Å²) in [5.41, 5.74) is 1.26. The number of aliphatic hydroxyl groups excluding tert-OH is 1. The van der Waals surface area contributed by atoms with Crippen molar-refractivity contribution in [2.24, 2.45) is 0 Å². The van der Waals surface area contributed by atoms with E-state index in [-0.39, 0.29) is 6.10 Å². The van der Waals surface area contributed by atoms with Crippen LogP contribution in [-0.2, 0) is 6.54 Å². The first-order chi connectivity index (χ1) is 9.65. The predicted molar refractivity (Wildman–Crippen MR) is 86.0 cm³/mol. The van der Waals surface area contributed by atoms with Crippen LogP contribution in [0.3, 0.4) is 0 Å². The molecule has 1 atom stereocenters. The zero-order valence-electron chi connectivity index (χ0n) is 12.0. The Bertz CT molecular complexity index is 510. The normalized spacial score (nSPS) is 12.8. The van der Waals surface area contributed by atoms with Gasteiger partial charge in [-0.1, -0.05) is 30.3 Å². The molecule has 0 saturated heterocycles. The fraction of sp³-hybridized carbons (Fsp3) is 0.375. The van der Waals surface area contributed by atoms with Gasteiger partial charge < -0.3 is 15.3 Å². The van der Waals surface area contributed by atoms with E-state index >= 15 is 0 Å². The molecule has 0 radical (unpaired) electrons. The maximum Gasteiger partial charge on any atom is 0.0791 e. The zero-order valence-corrected chi connectivity index (χ0v) is 12.9. The summed E-state index contributed by atoms with van der Waals surface area (Å²) in [6.07, 6.45) is -0.321. The fourth-order valence-electron chi connectivity index (χ4n) is 2.08. The molecule has 0 aliphatic carbocycles. The molecule has 108 valence electrons. The Kier molecular flexibility index (Phi) is 5.73. The molecule has 1 heterocycles. The second-order valence-corrected chi connectivity index (χ2v) is 6.35. The molecular weight excluding hydrogens is 268 g/mol. The summed E-state index contributed by atoms with van der Waals surface area (Å²) in [6, 6.07) is 14.7. The van der Waals surface area contributed by atoms with Crippen LogP contribution >= 0.6 is 11.3 Å². The number of benzene rings is 1. The highest BCUT2D eigenvalue weighted by molar-refractivity contribution is 7.15. The van der Waals surface area contributed by atoms with Crippen LogP contribution in [0.1, 0.15) is 4.88 Å². The van der Waals surface area contributed by atoms with E-state index in [1.807, 2.05) is 25.1 Å². The molecule has 3 nitrogen and oxygen atoms in total. The van der Waals surface area contributed by atoms with Gasteiger partial charge in [0.1, 0.15) is 0 Å². The Labute approximate surface area is 124 Å². The Morgan fingerprint density at radius 3 is 2.60 bits per heavy atom. The molecular formula is C16H22N2OS. The summed E-state index contributed by atoms with van der Waals surface area (Å²) in [4.78, 5) is 4.57. The Balaban J connectivity index is 1.82. The first-order valence-electron chi connectivity index (χ1n) is 6.83. The maximum atomic E-state index is 9.78. The molecule has 20 heavy (non-hydrogen) atoms. The van der Waals surface area contributed by atoms with Crippen molar-refractivity contribution in [1.29, 1.82) is 0 Å². The lowest BCUT2D eigenvalue weighted by molar-refractivity contribution is 0.134. The Morgan fingerprint density at radius 2 is 1.90 bits per heavy atom. The van der Waals surface area contributed by atoms with Crippen LogP contribution < -0.4 is 5.32 Å². The van der Waals surface area contributed by atoms with Gasteiger partial charge in [0.15, 0.2) is 0 Å². The molecule has 2 N–H and O–H groups in total. The number of hydrogen-bond acceptors (Lipinski definition) is 4. The van der Waals surface area contributed by atoms with Gasteiger partial charge in [-0.05, 0) is 31.8 Å². The van der Waals surface area contributed by atoms with Crippen molar-refractivity contribution in [3.63, 3.8) is 0 Å². The lowest BCUT2D eigenvalue weighted by Crippen LogP contribution is -2.34. The number of thiophene rings is 1. The summed E-state index contributed by atoms with van der Waals surface area (Å²) in [5.74, 6) is 0. The van der Waals surface area contributed by atoms with Crippen molar-refractivity contribution in [2.75, 3.05) is 27.2 Å². The van der Waals surface area contributed by atoms with Crippen LogP contribution in [0.5, 0.6) is 0 Å². The van der Waals surface area contributed by atoms with Crippen LogP contribution in [-0.4, -0.2) is 43.3 Å². The van der Waals surface area contributed by atoms with Gasteiger partial charge in [-0.3, -0.25) is 0 Å². The minimum absolute atomic E-state index is 0.321. The van der Waals surface area contributed by atoms with Gasteiger partial charge in [0.25, 0.3) is 0 Å². The number of nitrogens with one attached hydrogen (secondary N) is 1. The number of aliphatic hydroxyl groups is 1. The maximum absolute atomic E-state index is 9.78. The average Bonchev–Trinajstić information content (AvgIpc) is 2.88. The largest absolute Gasteiger partial charge is 0.390 e. The van der Waals surface area contributed by atoms with Crippen molar-refractivity contribution in [1.82, 2.24) is 10.2 Å². The molecule has 0 aliphatic heterocycles. The topological polar surface area (TPSA) is 35.5 Å². The molecule has 1 unspecified atom stereocenters. The van der Waals surface area contributed by atoms with E-state index in [0.29, 0.717) is 13.1 Å². The average molecular weight is 290 g/mol. The molecule has 2 aromatic rings. The smallest absolute Gasteiger partial charge is 0.0791 e. The zero-order chi connectivity index (χ0) is 14.4. The van der Waals surface area contributed by atoms with Crippen molar-refractivity contribution in [3.8, 4) is 10.4 Å². The van der Waals surface area contributed by atoms with Crippen molar-refractivity contribution < 1.29 is 5.11 Å². The highest BCUT2D eigenvalue weighted by Gasteiger charge is 2.06. The van der Waals surface area contributed by atoms with Gasteiger partial charge >= 0.3 is 0 Å². The molecule has 0 bridgehead atoms. The van der Waals surface area contributed by atoms with E-state index in [1.54, 1.807) is 11.3 Å². The molecule has 0 spiro atoms. The van der Waals surface area contributed by atoms with Crippen LogP contribution in [0.25, 0.3) is 10.4 Å². The molecule has 0 saturated carbocycles. The summed E-state index contributed by atoms with van der Waals surface area (Å²) < 4.78 is 0. The lowest BCUT2D eigenvalue weighted by Gasteiger charge is -2.16. The van der Waals surface area contributed by atoms with E-state index in [9.17, 15) is 5.11 Å². The highest BCUT2D eigenvalue weighted by Crippen LogP contribution is 2.27. The third-order valence-corrected chi connectivity index (χ3v) is 4.11. The van der Waals surface area contributed by atoms with Gasteiger partial charge in [-0.15, -0.1) is 11.3 Å². The highest BCUT2D eigenvalue weighted by atomic mass is 32.1. The second-order valence-electron chi connectivity index (χ2n) is 5.18.